The maximum absolute atomic E-state index is 5.62. The van der Waals surface area contributed by atoms with E-state index in [1.165, 1.54) is 31.2 Å². The number of ether oxygens (including phenoxy) is 3. The quantitative estimate of drug-likeness (QED) is 0.651. The fraction of sp³-hybridized carbons (Fsp3) is 0.538. The molecule has 1 heterocycles. The van der Waals surface area contributed by atoms with E-state index in [4.69, 9.17) is 14.2 Å². The molecule has 2 fully saturated rings. The van der Waals surface area contributed by atoms with Crippen LogP contribution in [0.25, 0.3) is 0 Å². The van der Waals surface area contributed by atoms with Crippen molar-refractivity contribution < 1.29 is 14.2 Å². The van der Waals surface area contributed by atoms with Gasteiger partial charge in [-0.3, -0.25) is 9.80 Å². The van der Waals surface area contributed by atoms with E-state index in [2.05, 4.69) is 46.2 Å². The standard InChI is InChI=1S/C26H36N2O3/c1-29-24-18-26(31-3)25(30-2)17-22(24)19-27-13-15-28(16-14-27)23-11-9-21(10-12-23)20-7-5-4-6-8-20/h4-8,17-18,21,23H,9-16,19H2,1-3H3. The lowest BCUT2D eigenvalue weighted by molar-refractivity contribution is 0.0723. The summed E-state index contributed by atoms with van der Waals surface area (Å²) in [5, 5.41) is 0. The van der Waals surface area contributed by atoms with Crippen molar-refractivity contribution in [1.82, 2.24) is 9.80 Å². The van der Waals surface area contributed by atoms with Gasteiger partial charge in [-0.15, -0.1) is 0 Å². The van der Waals surface area contributed by atoms with E-state index in [-0.39, 0.29) is 0 Å². The Hall–Kier alpha value is -2.24. The van der Waals surface area contributed by atoms with Crippen molar-refractivity contribution in [2.24, 2.45) is 0 Å². The number of nitrogens with zero attached hydrogens (tertiary/aromatic N) is 2. The first-order valence-electron chi connectivity index (χ1n) is 11.5. The largest absolute Gasteiger partial charge is 0.496 e. The smallest absolute Gasteiger partial charge is 0.164 e. The molecule has 1 saturated carbocycles. The lowest BCUT2D eigenvalue weighted by atomic mass is 9.81. The molecule has 168 valence electrons. The minimum atomic E-state index is 0.707. The molecule has 0 radical (unpaired) electrons. The van der Waals surface area contributed by atoms with Gasteiger partial charge in [0.2, 0.25) is 0 Å². The van der Waals surface area contributed by atoms with Gasteiger partial charge in [-0.2, -0.15) is 0 Å². The molecule has 0 aromatic heterocycles. The minimum absolute atomic E-state index is 0.707. The van der Waals surface area contributed by atoms with Crippen molar-refractivity contribution in [3.63, 3.8) is 0 Å². The van der Waals surface area contributed by atoms with Gasteiger partial charge in [-0.1, -0.05) is 30.3 Å². The van der Waals surface area contributed by atoms with Crippen LogP contribution < -0.4 is 14.2 Å². The summed E-state index contributed by atoms with van der Waals surface area (Å²) < 4.78 is 16.5. The van der Waals surface area contributed by atoms with Gasteiger partial charge in [-0.05, 0) is 43.2 Å². The molecule has 0 unspecified atom stereocenters. The molecule has 5 heteroatoms. The highest BCUT2D eigenvalue weighted by molar-refractivity contribution is 5.50. The molecule has 0 bridgehead atoms. The zero-order chi connectivity index (χ0) is 21.6. The van der Waals surface area contributed by atoms with Gasteiger partial charge in [0.1, 0.15) is 5.75 Å². The molecule has 0 amide bonds. The van der Waals surface area contributed by atoms with Crippen molar-refractivity contribution in [2.75, 3.05) is 47.5 Å². The Labute approximate surface area is 186 Å². The molecule has 1 saturated heterocycles. The molecule has 0 atom stereocenters. The highest BCUT2D eigenvalue weighted by Crippen LogP contribution is 2.36. The summed E-state index contributed by atoms with van der Waals surface area (Å²) >= 11 is 0. The van der Waals surface area contributed by atoms with Gasteiger partial charge in [-0.25, -0.2) is 0 Å². The Balaban J connectivity index is 1.30. The SMILES string of the molecule is COc1cc(OC)c(OC)cc1CN1CCN(C2CCC(c3ccccc3)CC2)CC1. The van der Waals surface area contributed by atoms with Crippen molar-refractivity contribution >= 4 is 0 Å². The van der Waals surface area contributed by atoms with Gasteiger partial charge in [0.15, 0.2) is 11.5 Å². The van der Waals surface area contributed by atoms with E-state index in [1.807, 2.05) is 6.07 Å². The summed E-state index contributed by atoms with van der Waals surface area (Å²) in [6, 6.07) is 15.8. The summed E-state index contributed by atoms with van der Waals surface area (Å²) in [7, 11) is 5.05. The molecule has 2 aromatic rings. The summed E-state index contributed by atoms with van der Waals surface area (Å²) in [5.74, 6) is 3.07. The van der Waals surface area contributed by atoms with Gasteiger partial charge in [0.05, 0.1) is 21.3 Å². The van der Waals surface area contributed by atoms with Crippen LogP contribution >= 0.6 is 0 Å². The van der Waals surface area contributed by atoms with Crippen LogP contribution in [0.4, 0.5) is 0 Å². The molecule has 2 aliphatic rings. The molecular weight excluding hydrogens is 388 g/mol. The van der Waals surface area contributed by atoms with E-state index in [9.17, 15) is 0 Å². The zero-order valence-electron chi connectivity index (χ0n) is 19.2. The lowest BCUT2D eigenvalue weighted by Crippen LogP contribution is -2.50. The van der Waals surface area contributed by atoms with Gasteiger partial charge >= 0.3 is 0 Å². The maximum atomic E-state index is 5.62. The Kier molecular flexibility index (Phi) is 7.36. The Bertz CT molecular complexity index is 826. The van der Waals surface area contributed by atoms with Crippen molar-refractivity contribution in [1.29, 1.82) is 0 Å². The summed E-state index contributed by atoms with van der Waals surface area (Å²) in [6.45, 7) is 5.36. The van der Waals surface area contributed by atoms with Crippen LogP contribution in [0.3, 0.4) is 0 Å². The summed E-state index contributed by atoms with van der Waals surface area (Å²) in [6.07, 6.45) is 5.28. The Morgan fingerprint density at radius 3 is 1.97 bits per heavy atom. The van der Waals surface area contributed by atoms with Crippen LogP contribution in [0.1, 0.15) is 42.7 Å². The second-order valence-electron chi connectivity index (χ2n) is 8.75. The number of piperazine rings is 1. The van der Waals surface area contributed by atoms with Crippen LogP contribution in [-0.2, 0) is 6.54 Å². The number of benzene rings is 2. The number of methoxy groups -OCH3 is 3. The second-order valence-corrected chi connectivity index (χ2v) is 8.75. The third kappa shape index (κ3) is 5.16. The average Bonchev–Trinajstić information content (AvgIpc) is 2.85. The zero-order valence-corrected chi connectivity index (χ0v) is 19.2. The van der Waals surface area contributed by atoms with E-state index in [0.717, 1.165) is 61.7 Å². The van der Waals surface area contributed by atoms with Crippen LogP contribution in [0.2, 0.25) is 0 Å². The Morgan fingerprint density at radius 2 is 1.35 bits per heavy atom. The van der Waals surface area contributed by atoms with Crippen LogP contribution in [-0.4, -0.2) is 63.4 Å². The first-order chi connectivity index (χ1) is 15.2. The number of hydrogen-bond acceptors (Lipinski definition) is 5. The minimum Gasteiger partial charge on any atom is -0.496 e. The first-order valence-corrected chi connectivity index (χ1v) is 11.5. The molecule has 1 aliphatic heterocycles. The molecule has 5 nitrogen and oxygen atoms in total. The molecule has 31 heavy (non-hydrogen) atoms. The summed E-state index contributed by atoms with van der Waals surface area (Å²) in [4.78, 5) is 5.25. The van der Waals surface area contributed by atoms with Crippen LogP contribution in [0, 0.1) is 0 Å². The molecular formula is C26H36N2O3. The number of rotatable bonds is 7. The highest BCUT2D eigenvalue weighted by atomic mass is 16.5. The highest BCUT2D eigenvalue weighted by Gasteiger charge is 2.29. The van der Waals surface area contributed by atoms with Gasteiger partial charge in [0.25, 0.3) is 0 Å². The second kappa shape index (κ2) is 10.4. The van der Waals surface area contributed by atoms with Gasteiger partial charge < -0.3 is 14.2 Å². The van der Waals surface area contributed by atoms with Crippen LogP contribution in [0.5, 0.6) is 17.2 Å². The predicted molar refractivity (Wildman–Crippen MR) is 124 cm³/mol. The third-order valence-corrected chi connectivity index (χ3v) is 7.07. The van der Waals surface area contributed by atoms with Crippen LogP contribution in [0.15, 0.2) is 42.5 Å². The monoisotopic (exact) mass is 424 g/mol. The molecule has 2 aromatic carbocycles. The van der Waals surface area contributed by atoms with E-state index >= 15 is 0 Å². The van der Waals surface area contributed by atoms with E-state index in [0.29, 0.717) is 5.75 Å². The van der Waals surface area contributed by atoms with E-state index in [1.54, 1.807) is 21.3 Å². The number of hydrogen-bond donors (Lipinski definition) is 0. The van der Waals surface area contributed by atoms with E-state index < -0.39 is 0 Å². The Morgan fingerprint density at radius 1 is 0.742 bits per heavy atom. The maximum Gasteiger partial charge on any atom is 0.164 e. The van der Waals surface area contributed by atoms with Crippen molar-refractivity contribution in [3.8, 4) is 17.2 Å². The van der Waals surface area contributed by atoms with Crippen molar-refractivity contribution in [2.45, 2.75) is 44.2 Å². The lowest BCUT2D eigenvalue weighted by Gasteiger charge is -2.42. The predicted octanol–water partition coefficient (Wildman–Crippen LogP) is 4.56. The fourth-order valence-corrected chi connectivity index (χ4v) is 5.24. The molecule has 4 rings (SSSR count). The van der Waals surface area contributed by atoms with Crippen molar-refractivity contribution in [3.05, 3.63) is 53.6 Å². The molecule has 1 aliphatic carbocycles. The fourth-order valence-electron chi connectivity index (χ4n) is 5.24. The molecule has 0 N–H and O–H groups in total. The normalized spacial score (nSPS) is 22.8. The third-order valence-electron chi connectivity index (χ3n) is 7.07. The van der Waals surface area contributed by atoms with Gasteiger partial charge in [0, 0.05) is 50.4 Å². The topological polar surface area (TPSA) is 34.2 Å². The molecule has 0 spiro atoms. The average molecular weight is 425 g/mol. The first kappa shape index (κ1) is 22.0. The summed E-state index contributed by atoms with van der Waals surface area (Å²) in [5.41, 5.74) is 2.67.